The Kier molecular flexibility index (Phi) is 3.93. The van der Waals surface area contributed by atoms with Crippen molar-refractivity contribution in [2.45, 2.75) is 39.2 Å². The second-order valence-electron chi connectivity index (χ2n) is 4.56. The highest BCUT2D eigenvalue weighted by atomic mass is 16.5. The summed E-state index contributed by atoms with van der Waals surface area (Å²) in [6, 6.07) is -0.0174. The summed E-state index contributed by atoms with van der Waals surface area (Å²) in [6.07, 6.45) is 3.59. The van der Waals surface area contributed by atoms with E-state index in [1.165, 1.54) is 26.4 Å². The van der Waals surface area contributed by atoms with Gasteiger partial charge in [-0.1, -0.05) is 20.3 Å². The number of ether oxygens (including phenoxy) is 1. The molecule has 1 rings (SSSR count). The van der Waals surface area contributed by atoms with Crippen molar-refractivity contribution in [3.8, 4) is 0 Å². The highest BCUT2D eigenvalue weighted by Gasteiger charge is 2.36. The van der Waals surface area contributed by atoms with E-state index in [9.17, 15) is 4.79 Å². The Bertz CT molecular complexity index is 199. The Balaban J connectivity index is 2.60. The Morgan fingerprint density at radius 2 is 2.00 bits per heavy atom. The quantitative estimate of drug-likeness (QED) is 0.699. The lowest BCUT2D eigenvalue weighted by molar-refractivity contribution is -0.148. The Morgan fingerprint density at radius 3 is 2.29 bits per heavy atom. The van der Waals surface area contributed by atoms with Gasteiger partial charge < -0.3 is 10.5 Å². The zero-order chi connectivity index (χ0) is 10.7. The molecule has 3 nitrogen and oxygen atoms in total. The molecule has 1 aliphatic rings. The number of hydrogen-bond donors (Lipinski definition) is 1. The molecule has 0 aliphatic heterocycles. The molecule has 0 heterocycles. The van der Waals surface area contributed by atoms with E-state index in [1.54, 1.807) is 0 Å². The van der Waals surface area contributed by atoms with Gasteiger partial charge in [0.05, 0.1) is 13.0 Å². The number of nitrogens with two attached hydrogens (primary N) is 1. The number of rotatable bonds is 4. The molecule has 1 saturated carbocycles. The minimum Gasteiger partial charge on any atom is -0.469 e. The molecule has 0 amide bonds. The summed E-state index contributed by atoms with van der Waals surface area (Å²) in [5.41, 5.74) is 6.10. The van der Waals surface area contributed by atoms with Crippen LogP contribution >= 0.6 is 0 Å². The molecule has 0 spiro atoms. The van der Waals surface area contributed by atoms with Crippen molar-refractivity contribution in [1.82, 2.24) is 0 Å². The van der Waals surface area contributed by atoms with Crippen LogP contribution in [0.15, 0.2) is 0 Å². The third-order valence-electron chi connectivity index (χ3n) is 3.30. The lowest BCUT2D eigenvalue weighted by Crippen LogP contribution is -2.46. The first-order valence-electron chi connectivity index (χ1n) is 5.41. The monoisotopic (exact) mass is 199 g/mol. The van der Waals surface area contributed by atoms with Crippen LogP contribution in [0.5, 0.6) is 0 Å². The predicted molar refractivity (Wildman–Crippen MR) is 55.7 cm³/mol. The number of hydrogen-bond acceptors (Lipinski definition) is 3. The van der Waals surface area contributed by atoms with E-state index in [2.05, 4.69) is 0 Å². The maximum atomic E-state index is 11.5. The fourth-order valence-electron chi connectivity index (χ4n) is 2.13. The zero-order valence-electron chi connectivity index (χ0n) is 9.32. The van der Waals surface area contributed by atoms with Gasteiger partial charge in [-0.3, -0.25) is 4.79 Å². The van der Waals surface area contributed by atoms with Gasteiger partial charge in [-0.15, -0.1) is 0 Å². The van der Waals surface area contributed by atoms with Gasteiger partial charge in [0, 0.05) is 6.04 Å². The molecule has 3 heteroatoms. The lowest BCUT2D eigenvalue weighted by Gasteiger charge is -2.36. The van der Waals surface area contributed by atoms with Gasteiger partial charge in [0.25, 0.3) is 0 Å². The number of carbonyl (C=O) groups is 1. The topological polar surface area (TPSA) is 52.3 Å². The molecular weight excluding hydrogens is 178 g/mol. The lowest BCUT2D eigenvalue weighted by atomic mass is 9.72. The van der Waals surface area contributed by atoms with Crippen LogP contribution in [0.25, 0.3) is 0 Å². The van der Waals surface area contributed by atoms with E-state index >= 15 is 0 Å². The Hall–Kier alpha value is -0.570. The molecule has 0 aromatic rings. The van der Waals surface area contributed by atoms with Crippen molar-refractivity contribution in [1.29, 1.82) is 0 Å². The molecule has 2 unspecified atom stereocenters. The average Bonchev–Trinajstić information content (AvgIpc) is 2.00. The Morgan fingerprint density at radius 1 is 1.43 bits per heavy atom. The molecular formula is C11H21NO2. The van der Waals surface area contributed by atoms with Crippen molar-refractivity contribution in [2.75, 3.05) is 7.11 Å². The number of carbonyl (C=O) groups excluding carboxylic acids is 1. The summed E-state index contributed by atoms with van der Waals surface area (Å²) >= 11 is 0. The highest BCUT2D eigenvalue weighted by molar-refractivity contribution is 5.73. The van der Waals surface area contributed by atoms with E-state index in [0.717, 1.165) is 0 Å². The second kappa shape index (κ2) is 4.78. The van der Waals surface area contributed by atoms with Crippen molar-refractivity contribution < 1.29 is 9.53 Å². The fraction of sp³-hybridized carbons (Fsp3) is 0.909. The molecule has 82 valence electrons. The zero-order valence-corrected chi connectivity index (χ0v) is 9.32. The third kappa shape index (κ3) is 2.27. The first-order chi connectivity index (χ1) is 6.57. The van der Waals surface area contributed by atoms with Gasteiger partial charge >= 0.3 is 5.97 Å². The molecule has 0 bridgehead atoms. The third-order valence-corrected chi connectivity index (χ3v) is 3.30. The molecule has 1 aliphatic carbocycles. The van der Waals surface area contributed by atoms with Crippen LogP contribution in [0.4, 0.5) is 0 Å². The summed E-state index contributed by atoms with van der Waals surface area (Å²) in [4.78, 5) is 11.5. The average molecular weight is 199 g/mol. The molecule has 0 saturated heterocycles. The summed E-state index contributed by atoms with van der Waals surface area (Å²) in [5, 5.41) is 0. The molecule has 1 fully saturated rings. The van der Waals surface area contributed by atoms with Crippen LogP contribution in [0, 0.1) is 17.8 Å². The van der Waals surface area contributed by atoms with Crippen molar-refractivity contribution >= 4 is 5.97 Å². The molecule has 2 N–H and O–H groups in total. The van der Waals surface area contributed by atoms with Crippen LogP contribution in [-0.2, 0) is 9.53 Å². The van der Waals surface area contributed by atoms with E-state index in [4.69, 9.17) is 10.5 Å². The molecule has 14 heavy (non-hydrogen) atoms. The first-order valence-corrected chi connectivity index (χ1v) is 5.41. The minimum atomic E-state index is -0.153. The van der Waals surface area contributed by atoms with Crippen LogP contribution in [0.2, 0.25) is 0 Å². The van der Waals surface area contributed by atoms with Crippen LogP contribution in [-0.4, -0.2) is 19.1 Å². The van der Waals surface area contributed by atoms with Crippen molar-refractivity contribution in [3.63, 3.8) is 0 Å². The van der Waals surface area contributed by atoms with Crippen molar-refractivity contribution in [2.24, 2.45) is 23.5 Å². The molecule has 0 aromatic carbocycles. The predicted octanol–water partition coefficient (Wildman–Crippen LogP) is 1.56. The van der Waals surface area contributed by atoms with E-state index < -0.39 is 0 Å². The van der Waals surface area contributed by atoms with E-state index in [0.29, 0.717) is 5.92 Å². The Labute approximate surface area is 86.0 Å². The normalized spacial score (nSPS) is 21.5. The summed E-state index contributed by atoms with van der Waals surface area (Å²) in [6.45, 7) is 4.06. The summed E-state index contributed by atoms with van der Waals surface area (Å²) in [5.74, 6) is 0.504. The van der Waals surface area contributed by atoms with Crippen LogP contribution in [0.3, 0.4) is 0 Å². The molecule has 2 atom stereocenters. The molecule has 0 aromatic heterocycles. The van der Waals surface area contributed by atoms with Crippen molar-refractivity contribution in [3.05, 3.63) is 0 Å². The fourth-order valence-corrected chi connectivity index (χ4v) is 2.13. The SMILES string of the molecule is COC(=O)C(C(C)C)C(N)C1CCC1. The standard InChI is InChI=1S/C11H21NO2/c1-7(2)9(11(13)14-3)10(12)8-5-4-6-8/h7-10H,4-6,12H2,1-3H3. The largest absolute Gasteiger partial charge is 0.469 e. The highest BCUT2D eigenvalue weighted by Crippen LogP contribution is 2.34. The van der Waals surface area contributed by atoms with Gasteiger partial charge in [0.2, 0.25) is 0 Å². The van der Waals surface area contributed by atoms with Gasteiger partial charge in [-0.25, -0.2) is 0 Å². The van der Waals surface area contributed by atoms with Crippen LogP contribution in [0.1, 0.15) is 33.1 Å². The number of methoxy groups -OCH3 is 1. The maximum Gasteiger partial charge on any atom is 0.310 e. The smallest absolute Gasteiger partial charge is 0.310 e. The maximum absolute atomic E-state index is 11.5. The van der Waals surface area contributed by atoms with Gasteiger partial charge in [0.15, 0.2) is 0 Å². The summed E-state index contributed by atoms with van der Waals surface area (Å²) in [7, 11) is 1.44. The van der Waals surface area contributed by atoms with Gasteiger partial charge in [-0.2, -0.15) is 0 Å². The van der Waals surface area contributed by atoms with Gasteiger partial charge in [-0.05, 0) is 24.7 Å². The van der Waals surface area contributed by atoms with Gasteiger partial charge in [0.1, 0.15) is 0 Å². The molecule has 0 radical (unpaired) electrons. The first kappa shape index (κ1) is 11.5. The second-order valence-corrected chi connectivity index (χ2v) is 4.56. The van der Waals surface area contributed by atoms with Crippen LogP contribution < -0.4 is 5.73 Å². The number of esters is 1. The minimum absolute atomic E-state index is 0.0174. The van der Waals surface area contributed by atoms with E-state index in [-0.39, 0.29) is 23.8 Å². The summed E-state index contributed by atoms with van der Waals surface area (Å²) < 4.78 is 4.79. The van der Waals surface area contributed by atoms with E-state index in [1.807, 2.05) is 13.8 Å².